The Kier molecular flexibility index (Phi) is 3.74. The van der Waals surface area contributed by atoms with E-state index in [0.29, 0.717) is 12.8 Å². The molecule has 0 radical (unpaired) electrons. The molecule has 1 aliphatic rings. The summed E-state index contributed by atoms with van der Waals surface area (Å²) < 4.78 is 19.1. The third-order valence-corrected chi connectivity index (χ3v) is 3.82. The van der Waals surface area contributed by atoms with Crippen molar-refractivity contribution in [2.75, 3.05) is 6.61 Å². The number of aryl methyl sites for hydroxylation is 2. The highest BCUT2D eigenvalue weighted by Crippen LogP contribution is 2.26. The standard InChI is InChI=1S/C18H17FO2/c1-12-2-5-16(19)15(10-12)17(20)6-3-13-4-7-18-14(11-13)8-9-21-18/h2,4-5,7,10-11H,3,6,8-9H2,1H3. The predicted molar refractivity (Wildman–Crippen MR) is 79.4 cm³/mol. The second-order valence-electron chi connectivity index (χ2n) is 5.45. The van der Waals surface area contributed by atoms with Crippen LogP contribution in [0.3, 0.4) is 0 Å². The summed E-state index contributed by atoms with van der Waals surface area (Å²) in [5, 5.41) is 0. The fraction of sp³-hybridized carbons (Fsp3) is 0.278. The lowest BCUT2D eigenvalue weighted by Crippen LogP contribution is -2.04. The van der Waals surface area contributed by atoms with E-state index in [1.54, 1.807) is 12.1 Å². The largest absolute Gasteiger partial charge is 0.493 e. The van der Waals surface area contributed by atoms with E-state index in [9.17, 15) is 9.18 Å². The van der Waals surface area contributed by atoms with Crippen LogP contribution in [-0.4, -0.2) is 12.4 Å². The molecule has 0 unspecified atom stereocenters. The molecule has 0 N–H and O–H groups in total. The first-order valence-corrected chi connectivity index (χ1v) is 7.17. The summed E-state index contributed by atoms with van der Waals surface area (Å²) in [5.41, 5.74) is 3.39. The molecule has 0 atom stereocenters. The van der Waals surface area contributed by atoms with E-state index in [4.69, 9.17) is 4.74 Å². The topological polar surface area (TPSA) is 26.3 Å². The maximum absolute atomic E-state index is 13.7. The van der Waals surface area contributed by atoms with Gasteiger partial charge in [-0.1, -0.05) is 23.8 Å². The average molecular weight is 284 g/mol. The van der Waals surface area contributed by atoms with Crippen molar-refractivity contribution in [3.8, 4) is 5.75 Å². The lowest BCUT2D eigenvalue weighted by atomic mass is 9.99. The summed E-state index contributed by atoms with van der Waals surface area (Å²) in [5.74, 6) is 0.357. The SMILES string of the molecule is Cc1ccc(F)c(C(=O)CCc2ccc3c(c2)CCO3)c1. The monoisotopic (exact) mass is 284 g/mol. The Bertz CT molecular complexity index is 692. The third-order valence-electron chi connectivity index (χ3n) is 3.82. The normalized spacial score (nSPS) is 12.9. The minimum Gasteiger partial charge on any atom is -0.493 e. The smallest absolute Gasteiger partial charge is 0.166 e. The number of ketones is 1. The van der Waals surface area contributed by atoms with Crippen LogP contribution >= 0.6 is 0 Å². The number of ether oxygens (including phenoxy) is 1. The zero-order valence-electron chi connectivity index (χ0n) is 12.0. The van der Waals surface area contributed by atoms with Crippen LogP contribution in [0.2, 0.25) is 0 Å². The molecule has 108 valence electrons. The summed E-state index contributed by atoms with van der Waals surface area (Å²) in [4.78, 5) is 12.2. The number of hydrogen-bond acceptors (Lipinski definition) is 2. The highest BCUT2D eigenvalue weighted by molar-refractivity contribution is 5.96. The van der Waals surface area contributed by atoms with Crippen molar-refractivity contribution in [3.63, 3.8) is 0 Å². The Morgan fingerprint density at radius 2 is 2.10 bits per heavy atom. The van der Waals surface area contributed by atoms with Crippen molar-refractivity contribution >= 4 is 5.78 Å². The van der Waals surface area contributed by atoms with E-state index >= 15 is 0 Å². The lowest BCUT2D eigenvalue weighted by molar-refractivity contribution is 0.0979. The minimum atomic E-state index is -0.437. The number of rotatable bonds is 4. The molecule has 1 aliphatic heterocycles. The molecule has 2 nitrogen and oxygen atoms in total. The molecule has 3 heteroatoms. The zero-order chi connectivity index (χ0) is 14.8. The van der Waals surface area contributed by atoms with E-state index in [1.807, 2.05) is 19.1 Å². The molecule has 21 heavy (non-hydrogen) atoms. The van der Waals surface area contributed by atoms with Gasteiger partial charge in [0, 0.05) is 12.8 Å². The van der Waals surface area contributed by atoms with Crippen LogP contribution in [-0.2, 0) is 12.8 Å². The van der Waals surface area contributed by atoms with Gasteiger partial charge in [-0.15, -0.1) is 0 Å². The van der Waals surface area contributed by atoms with Crippen molar-refractivity contribution in [1.82, 2.24) is 0 Å². The summed E-state index contributed by atoms with van der Waals surface area (Å²) in [6, 6.07) is 10.7. The molecule has 0 spiro atoms. The Morgan fingerprint density at radius 1 is 1.24 bits per heavy atom. The molecule has 1 heterocycles. The highest BCUT2D eigenvalue weighted by atomic mass is 19.1. The third kappa shape index (κ3) is 2.97. The van der Waals surface area contributed by atoms with Crippen molar-refractivity contribution in [2.45, 2.75) is 26.2 Å². The van der Waals surface area contributed by atoms with Gasteiger partial charge in [0.25, 0.3) is 0 Å². The van der Waals surface area contributed by atoms with Gasteiger partial charge in [-0.25, -0.2) is 4.39 Å². The zero-order valence-corrected chi connectivity index (χ0v) is 12.0. The molecule has 2 aromatic rings. The summed E-state index contributed by atoms with van der Waals surface area (Å²) >= 11 is 0. The quantitative estimate of drug-likeness (QED) is 0.796. The van der Waals surface area contributed by atoms with Gasteiger partial charge in [0.05, 0.1) is 12.2 Å². The van der Waals surface area contributed by atoms with Crippen LogP contribution in [0.1, 0.15) is 33.5 Å². The van der Waals surface area contributed by atoms with E-state index in [-0.39, 0.29) is 11.3 Å². The second-order valence-corrected chi connectivity index (χ2v) is 5.45. The summed E-state index contributed by atoms with van der Waals surface area (Å²) in [6.45, 7) is 2.59. The number of fused-ring (bicyclic) bond motifs is 1. The summed E-state index contributed by atoms with van der Waals surface area (Å²) in [6.07, 6.45) is 1.86. The molecule has 0 bridgehead atoms. The average Bonchev–Trinajstić information content (AvgIpc) is 2.94. The first-order valence-electron chi connectivity index (χ1n) is 7.17. The van der Waals surface area contributed by atoms with Crippen molar-refractivity contribution < 1.29 is 13.9 Å². The van der Waals surface area contributed by atoms with E-state index in [2.05, 4.69) is 6.07 Å². The van der Waals surface area contributed by atoms with E-state index in [1.165, 1.54) is 11.6 Å². The first-order chi connectivity index (χ1) is 10.1. The van der Waals surface area contributed by atoms with E-state index in [0.717, 1.165) is 29.9 Å². The number of Topliss-reactive ketones (excluding diaryl/α,β-unsaturated/α-hetero) is 1. The van der Waals surface area contributed by atoms with E-state index < -0.39 is 5.82 Å². The van der Waals surface area contributed by atoms with Crippen LogP contribution < -0.4 is 4.74 Å². The molecule has 0 amide bonds. The van der Waals surface area contributed by atoms with Crippen LogP contribution in [0, 0.1) is 12.7 Å². The number of hydrogen-bond donors (Lipinski definition) is 0. The van der Waals surface area contributed by atoms with Crippen LogP contribution in [0.15, 0.2) is 36.4 Å². The van der Waals surface area contributed by atoms with Crippen LogP contribution in [0.5, 0.6) is 5.75 Å². The maximum atomic E-state index is 13.7. The van der Waals surface area contributed by atoms with Gasteiger partial charge < -0.3 is 4.74 Å². The number of halogens is 1. The summed E-state index contributed by atoms with van der Waals surface area (Å²) in [7, 11) is 0. The number of carbonyl (C=O) groups excluding carboxylic acids is 1. The predicted octanol–water partition coefficient (Wildman–Crippen LogP) is 3.88. The fourth-order valence-corrected chi connectivity index (χ4v) is 2.64. The molecular weight excluding hydrogens is 267 g/mol. The van der Waals surface area contributed by atoms with Crippen LogP contribution in [0.25, 0.3) is 0 Å². The second kappa shape index (κ2) is 5.68. The van der Waals surface area contributed by atoms with Gasteiger partial charge in [0.2, 0.25) is 0 Å². The van der Waals surface area contributed by atoms with Crippen molar-refractivity contribution in [1.29, 1.82) is 0 Å². The minimum absolute atomic E-state index is 0.145. The van der Waals surface area contributed by atoms with Crippen molar-refractivity contribution in [3.05, 3.63) is 64.5 Å². The molecule has 0 saturated carbocycles. The fourth-order valence-electron chi connectivity index (χ4n) is 2.64. The molecule has 0 aliphatic carbocycles. The Hall–Kier alpha value is -2.16. The van der Waals surface area contributed by atoms with Gasteiger partial charge in [0.15, 0.2) is 5.78 Å². The number of carbonyl (C=O) groups is 1. The van der Waals surface area contributed by atoms with Crippen molar-refractivity contribution in [2.24, 2.45) is 0 Å². The lowest BCUT2D eigenvalue weighted by Gasteiger charge is -2.06. The molecule has 0 aromatic heterocycles. The van der Waals surface area contributed by atoms with Gasteiger partial charge in [-0.2, -0.15) is 0 Å². The molecule has 0 fully saturated rings. The van der Waals surface area contributed by atoms with Gasteiger partial charge >= 0.3 is 0 Å². The Balaban J connectivity index is 1.70. The molecular formula is C18H17FO2. The van der Waals surface area contributed by atoms with Gasteiger partial charge in [0.1, 0.15) is 11.6 Å². The Morgan fingerprint density at radius 3 is 2.95 bits per heavy atom. The molecule has 2 aromatic carbocycles. The molecule has 0 saturated heterocycles. The van der Waals surface area contributed by atoms with Crippen LogP contribution in [0.4, 0.5) is 4.39 Å². The highest BCUT2D eigenvalue weighted by Gasteiger charge is 2.14. The van der Waals surface area contributed by atoms with Gasteiger partial charge in [-0.3, -0.25) is 4.79 Å². The first kappa shape index (κ1) is 13.8. The molecule has 3 rings (SSSR count). The van der Waals surface area contributed by atoms with Gasteiger partial charge in [-0.05, 0) is 42.7 Å². The Labute approximate surface area is 123 Å². The maximum Gasteiger partial charge on any atom is 0.166 e. The number of benzene rings is 2.